The number of ether oxygens (including phenoxy) is 1. The Labute approximate surface area is 116 Å². The number of methoxy groups -OCH3 is 1. The summed E-state index contributed by atoms with van der Waals surface area (Å²) in [6.07, 6.45) is 0. The van der Waals surface area contributed by atoms with E-state index < -0.39 is 0 Å². The zero-order valence-electron chi connectivity index (χ0n) is 11.9. The molecule has 1 aliphatic rings. The summed E-state index contributed by atoms with van der Waals surface area (Å²) in [6, 6.07) is 0.753. The second kappa shape index (κ2) is 7.89. The zero-order chi connectivity index (χ0) is 13.5. The minimum absolute atomic E-state index is 0.238. The zero-order valence-corrected chi connectivity index (χ0v) is 12.7. The van der Waals surface area contributed by atoms with E-state index in [9.17, 15) is 0 Å². The lowest BCUT2D eigenvalue weighted by molar-refractivity contribution is 0.116. The highest BCUT2D eigenvalue weighted by Gasteiger charge is 2.21. The summed E-state index contributed by atoms with van der Waals surface area (Å²) in [7, 11) is 6.03. The monoisotopic (exact) mass is 274 g/mol. The summed E-state index contributed by atoms with van der Waals surface area (Å²) in [6.45, 7) is 6.93. The number of hydrogen-bond donors (Lipinski definition) is 2. The quantitative estimate of drug-likeness (QED) is 0.673. The van der Waals surface area contributed by atoms with Gasteiger partial charge in [-0.05, 0) is 33.2 Å². The van der Waals surface area contributed by atoms with Gasteiger partial charge in [-0.1, -0.05) is 0 Å². The van der Waals surface area contributed by atoms with E-state index in [0.717, 1.165) is 26.2 Å². The van der Waals surface area contributed by atoms with Gasteiger partial charge in [0.1, 0.15) is 0 Å². The molecule has 2 atom stereocenters. The minimum atomic E-state index is 0.238. The first-order valence-electron chi connectivity index (χ1n) is 6.45. The molecule has 1 saturated heterocycles. The van der Waals surface area contributed by atoms with Gasteiger partial charge in [-0.2, -0.15) is 0 Å². The van der Waals surface area contributed by atoms with Crippen molar-refractivity contribution in [1.29, 1.82) is 0 Å². The molecule has 0 bridgehead atoms. The van der Waals surface area contributed by atoms with E-state index in [1.807, 2.05) is 0 Å². The molecule has 0 aromatic heterocycles. The first-order chi connectivity index (χ1) is 8.52. The maximum atomic E-state index is 5.27. The second-order valence-electron chi connectivity index (χ2n) is 5.11. The molecular weight excluding hydrogens is 248 g/mol. The molecule has 0 aromatic rings. The molecule has 2 N–H and O–H groups in total. The number of likely N-dealkylation sites (N-methyl/N-ethyl adjacent to an activating group) is 2. The molecule has 106 valence electrons. The Morgan fingerprint density at radius 3 is 2.83 bits per heavy atom. The van der Waals surface area contributed by atoms with Crippen LogP contribution in [0.1, 0.15) is 6.92 Å². The smallest absolute Gasteiger partial charge is 0.166 e. The van der Waals surface area contributed by atoms with Crippen molar-refractivity contribution in [2.45, 2.75) is 19.0 Å². The molecule has 1 fully saturated rings. The molecule has 1 rings (SSSR count). The lowest BCUT2D eigenvalue weighted by atomic mass is 10.2. The van der Waals surface area contributed by atoms with Gasteiger partial charge < -0.3 is 20.3 Å². The molecule has 1 aliphatic heterocycles. The summed E-state index contributed by atoms with van der Waals surface area (Å²) < 4.78 is 5.07. The van der Waals surface area contributed by atoms with Crippen molar-refractivity contribution in [3.05, 3.63) is 0 Å². The van der Waals surface area contributed by atoms with Gasteiger partial charge in [-0.25, -0.2) is 0 Å². The lowest BCUT2D eigenvalue weighted by Crippen LogP contribution is -2.55. The summed E-state index contributed by atoms with van der Waals surface area (Å²) in [5.41, 5.74) is 0. The van der Waals surface area contributed by atoms with Gasteiger partial charge in [0.25, 0.3) is 0 Å². The molecule has 5 nitrogen and oxygen atoms in total. The highest BCUT2D eigenvalue weighted by molar-refractivity contribution is 7.80. The minimum Gasteiger partial charge on any atom is -0.383 e. The maximum Gasteiger partial charge on any atom is 0.166 e. The van der Waals surface area contributed by atoms with Gasteiger partial charge in [0.2, 0.25) is 0 Å². The number of nitrogens with one attached hydrogen (secondary N) is 2. The SMILES string of the molecule is COCC(C)NC(=S)NCC1CN(C)CCN1C. The van der Waals surface area contributed by atoms with Crippen LogP contribution in [0, 0.1) is 0 Å². The largest absolute Gasteiger partial charge is 0.383 e. The van der Waals surface area contributed by atoms with Crippen LogP contribution in [0.3, 0.4) is 0 Å². The van der Waals surface area contributed by atoms with E-state index >= 15 is 0 Å². The van der Waals surface area contributed by atoms with Crippen molar-refractivity contribution < 1.29 is 4.74 Å². The number of thiocarbonyl (C=S) groups is 1. The normalized spacial score (nSPS) is 23.7. The van der Waals surface area contributed by atoms with Crippen molar-refractivity contribution in [3.63, 3.8) is 0 Å². The Kier molecular flexibility index (Phi) is 6.85. The van der Waals surface area contributed by atoms with Gasteiger partial charge >= 0.3 is 0 Å². The van der Waals surface area contributed by atoms with E-state index in [1.54, 1.807) is 7.11 Å². The molecule has 0 spiro atoms. The Morgan fingerprint density at radius 2 is 2.17 bits per heavy atom. The highest BCUT2D eigenvalue weighted by atomic mass is 32.1. The predicted molar refractivity (Wildman–Crippen MR) is 79.0 cm³/mol. The van der Waals surface area contributed by atoms with Crippen LogP contribution in [0.4, 0.5) is 0 Å². The van der Waals surface area contributed by atoms with Gasteiger partial charge in [0.15, 0.2) is 5.11 Å². The van der Waals surface area contributed by atoms with Gasteiger partial charge in [0.05, 0.1) is 6.61 Å². The second-order valence-corrected chi connectivity index (χ2v) is 5.52. The number of rotatable bonds is 5. The van der Waals surface area contributed by atoms with Crippen molar-refractivity contribution in [1.82, 2.24) is 20.4 Å². The third-order valence-corrected chi connectivity index (χ3v) is 3.53. The molecule has 0 aliphatic carbocycles. The number of piperazine rings is 1. The van der Waals surface area contributed by atoms with Crippen molar-refractivity contribution in [2.24, 2.45) is 0 Å². The Balaban J connectivity index is 2.24. The van der Waals surface area contributed by atoms with E-state index in [-0.39, 0.29) is 6.04 Å². The summed E-state index contributed by atoms with van der Waals surface area (Å²) in [5.74, 6) is 0. The highest BCUT2D eigenvalue weighted by Crippen LogP contribution is 2.04. The molecular formula is C12H26N4OS. The summed E-state index contributed by atoms with van der Waals surface area (Å²) in [4.78, 5) is 4.74. The summed E-state index contributed by atoms with van der Waals surface area (Å²) >= 11 is 5.27. The van der Waals surface area contributed by atoms with Gasteiger partial charge in [0, 0.05) is 45.4 Å². The number of nitrogens with zero attached hydrogens (tertiary/aromatic N) is 2. The standard InChI is InChI=1S/C12H26N4OS/c1-10(9-17-4)14-12(18)13-7-11-8-15(2)5-6-16(11)3/h10-11H,5-9H2,1-4H3,(H2,13,14,18). The Bertz CT molecular complexity index is 264. The van der Waals surface area contributed by atoms with Crippen molar-refractivity contribution in [2.75, 3.05) is 54.0 Å². The van der Waals surface area contributed by atoms with E-state index in [1.165, 1.54) is 0 Å². The molecule has 18 heavy (non-hydrogen) atoms. The molecule has 1 heterocycles. The first-order valence-corrected chi connectivity index (χ1v) is 6.85. The fourth-order valence-electron chi connectivity index (χ4n) is 2.10. The van der Waals surface area contributed by atoms with Gasteiger partial charge in [-0.15, -0.1) is 0 Å². The van der Waals surface area contributed by atoms with Crippen LogP contribution in [0.25, 0.3) is 0 Å². The third kappa shape index (κ3) is 5.48. The topological polar surface area (TPSA) is 39.8 Å². The number of hydrogen-bond acceptors (Lipinski definition) is 4. The average molecular weight is 274 g/mol. The molecule has 0 saturated carbocycles. The van der Waals surface area contributed by atoms with Crippen LogP contribution in [0.5, 0.6) is 0 Å². The lowest BCUT2D eigenvalue weighted by Gasteiger charge is -2.38. The summed E-state index contributed by atoms with van der Waals surface area (Å²) in [5, 5.41) is 7.21. The molecule has 2 unspecified atom stereocenters. The van der Waals surface area contributed by atoms with E-state index in [2.05, 4.69) is 41.5 Å². The van der Waals surface area contributed by atoms with Crippen molar-refractivity contribution in [3.8, 4) is 0 Å². The van der Waals surface area contributed by atoms with Crippen LogP contribution >= 0.6 is 12.2 Å². The van der Waals surface area contributed by atoms with E-state index in [0.29, 0.717) is 17.8 Å². The molecule has 0 aromatic carbocycles. The average Bonchev–Trinajstić information content (AvgIpc) is 2.30. The van der Waals surface area contributed by atoms with Crippen LogP contribution in [0.2, 0.25) is 0 Å². The van der Waals surface area contributed by atoms with Gasteiger partial charge in [-0.3, -0.25) is 4.90 Å². The van der Waals surface area contributed by atoms with Crippen LogP contribution in [-0.2, 0) is 4.74 Å². The van der Waals surface area contributed by atoms with Crippen LogP contribution in [-0.4, -0.2) is 81.0 Å². The Morgan fingerprint density at radius 1 is 1.44 bits per heavy atom. The fourth-order valence-corrected chi connectivity index (χ4v) is 2.38. The molecule has 6 heteroatoms. The van der Waals surface area contributed by atoms with E-state index in [4.69, 9.17) is 17.0 Å². The van der Waals surface area contributed by atoms with Crippen molar-refractivity contribution >= 4 is 17.3 Å². The Hall–Kier alpha value is -0.430. The fraction of sp³-hybridized carbons (Fsp3) is 0.917. The maximum absolute atomic E-state index is 5.27. The molecule has 0 amide bonds. The molecule has 0 radical (unpaired) electrons. The first kappa shape index (κ1) is 15.6. The van der Waals surface area contributed by atoms with Crippen LogP contribution < -0.4 is 10.6 Å². The van der Waals surface area contributed by atoms with Crippen LogP contribution in [0.15, 0.2) is 0 Å². The third-order valence-electron chi connectivity index (χ3n) is 3.27. The predicted octanol–water partition coefficient (Wildman–Crippen LogP) is -0.269.